The molecule has 2 atom stereocenters. The Hall–Kier alpha value is -6.40. The molecule has 2 unspecified atom stereocenters. The zero-order chi connectivity index (χ0) is 63.7. The van der Waals surface area contributed by atoms with Crippen molar-refractivity contribution < 1.29 is 38.1 Å². The van der Waals surface area contributed by atoms with Gasteiger partial charge in [-0.15, -0.1) is 12.4 Å². The van der Waals surface area contributed by atoms with Gasteiger partial charge < -0.3 is 48.3 Å². The molecule has 17 nitrogen and oxygen atoms in total. The largest absolute Gasteiger partial charge is 0.496 e. The van der Waals surface area contributed by atoms with Crippen LogP contribution in [-0.4, -0.2) is 123 Å². The number of piperidine rings is 2. The number of aromatic amines is 2. The summed E-state index contributed by atoms with van der Waals surface area (Å²) in [5.41, 5.74) is 6.94. The maximum absolute atomic E-state index is 13.6. The minimum absolute atomic E-state index is 0. The van der Waals surface area contributed by atoms with Crippen molar-refractivity contribution in [1.29, 1.82) is 0 Å². The lowest BCUT2D eigenvalue weighted by Gasteiger charge is -2.36. The number of hydrogen-bond acceptors (Lipinski definition) is 12. The van der Waals surface area contributed by atoms with Gasteiger partial charge in [-0.25, -0.2) is 9.59 Å². The van der Waals surface area contributed by atoms with E-state index < -0.39 is 5.43 Å². The molecule has 480 valence electrons. The van der Waals surface area contributed by atoms with Gasteiger partial charge in [-0.2, -0.15) is 0 Å². The van der Waals surface area contributed by atoms with Crippen molar-refractivity contribution in [3.05, 3.63) is 126 Å². The molecule has 2 saturated heterocycles. The Morgan fingerprint density at radius 3 is 1.33 bits per heavy atom. The van der Waals surface area contributed by atoms with Crippen molar-refractivity contribution in [3.8, 4) is 11.5 Å². The van der Waals surface area contributed by atoms with Gasteiger partial charge in [0, 0.05) is 117 Å². The molecule has 0 saturated carbocycles. The molecule has 87 heavy (non-hydrogen) atoms. The topological polar surface area (TPSA) is 199 Å². The number of nitrogens with zero attached hydrogens (tertiary/aromatic N) is 4. The van der Waals surface area contributed by atoms with Crippen LogP contribution < -0.4 is 25.9 Å². The quantitative estimate of drug-likeness (QED) is 0.0513. The normalized spacial score (nSPS) is 14.4. The average Bonchev–Trinajstić information content (AvgIpc) is 1.67. The molecule has 0 radical (unpaired) electrons. The summed E-state index contributed by atoms with van der Waals surface area (Å²) in [5.74, 6) is 2.08. The fourth-order valence-corrected chi connectivity index (χ4v) is 12.8. The summed E-state index contributed by atoms with van der Waals surface area (Å²) in [4.78, 5) is 84.1. The number of Topliss-reactive ketones (excluding diaryl/α,β-unsaturated/α-hetero) is 2. The highest BCUT2D eigenvalue weighted by Crippen LogP contribution is 2.38. The fraction of sp³-hybridized carbons (Fsp3) is 0.559. The molecule has 0 spiro atoms. The number of fused-ring (bicyclic) bond motifs is 2. The summed E-state index contributed by atoms with van der Waals surface area (Å²) >= 11 is 4.81. The Balaban J connectivity index is 0.000000297. The van der Waals surface area contributed by atoms with Crippen LogP contribution in [-0.2, 0) is 22.3 Å². The minimum atomic E-state index is -0.741. The van der Waals surface area contributed by atoms with E-state index in [4.69, 9.17) is 25.8 Å². The number of pyridine rings is 2. The molecule has 3 N–H and O–H groups in total. The highest BCUT2D eigenvalue weighted by atomic mass is 35.5. The fourth-order valence-electron chi connectivity index (χ4n) is 12.6. The lowest BCUT2D eigenvalue weighted by molar-refractivity contribution is 0.0615. The van der Waals surface area contributed by atoms with Crippen LogP contribution in [0.3, 0.4) is 0 Å². The molecular weight excluding hydrogens is 1150 g/mol. The van der Waals surface area contributed by atoms with Crippen molar-refractivity contribution in [2.45, 2.75) is 192 Å². The van der Waals surface area contributed by atoms with E-state index in [9.17, 15) is 28.8 Å². The maximum Gasteiger partial charge on any atom is 0.410 e. The first-order chi connectivity index (χ1) is 40.8. The molecule has 8 rings (SSSR count). The number of ketones is 2. The monoisotopic (exact) mass is 1240 g/mol. The van der Waals surface area contributed by atoms with E-state index in [2.05, 4.69) is 102 Å². The molecule has 0 bridgehead atoms. The smallest absolute Gasteiger partial charge is 0.410 e. The van der Waals surface area contributed by atoms with Crippen LogP contribution in [0.1, 0.15) is 181 Å². The van der Waals surface area contributed by atoms with E-state index in [1.165, 1.54) is 7.11 Å². The number of para-hydroxylation sites is 2. The Labute approximate surface area is 527 Å². The van der Waals surface area contributed by atoms with Gasteiger partial charge in [0.05, 0.1) is 37.6 Å². The molecule has 4 aromatic heterocycles. The average molecular weight is 1250 g/mol. The molecule has 6 aromatic rings. The number of aromatic nitrogens is 4. The van der Waals surface area contributed by atoms with Gasteiger partial charge in [0.1, 0.15) is 11.5 Å². The molecule has 2 aromatic carbocycles. The van der Waals surface area contributed by atoms with Crippen molar-refractivity contribution in [3.63, 3.8) is 0 Å². The van der Waals surface area contributed by atoms with Gasteiger partial charge in [0.2, 0.25) is 0 Å². The minimum Gasteiger partial charge on any atom is -0.496 e. The number of methoxy groups -OCH3 is 2. The predicted molar refractivity (Wildman–Crippen MR) is 354 cm³/mol. The molecule has 2 fully saturated rings. The zero-order valence-electron chi connectivity index (χ0n) is 54.7. The van der Waals surface area contributed by atoms with E-state index in [0.717, 1.165) is 95.5 Å². The van der Waals surface area contributed by atoms with E-state index in [-0.39, 0.29) is 72.3 Å². The van der Waals surface area contributed by atoms with Crippen LogP contribution in [0.4, 0.5) is 9.59 Å². The van der Waals surface area contributed by atoms with E-state index in [1.54, 1.807) is 44.9 Å². The lowest BCUT2D eigenvalue weighted by atomic mass is 9.90. The Bertz CT molecular complexity index is 3340. The first kappa shape index (κ1) is 73.1. The molecular formula is C68H99Cl2N7O10. The van der Waals surface area contributed by atoms with E-state index in [1.807, 2.05) is 64.1 Å². The van der Waals surface area contributed by atoms with Crippen molar-refractivity contribution >= 4 is 68.9 Å². The third-order valence-electron chi connectivity index (χ3n) is 16.7. The Morgan fingerprint density at radius 1 is 0.609 bits per heavy atom. The second-order valence-corrected chi connectivity index (χ2v) is 24.3. The number of hydrogen-bond donors (Lipinski definition) is 3. The highest BCUT2D eigenvalue weighted by Gasteiger charge is 2.32. The molecule has 2 aliphatic rings. The van der Waals surface area contributed by atoms with E-state index in [0.29, 0.717) is 84.1 Å². The number of likely N-dealkylation sites (tertiary alicyclic amines) is 1. The van der Waals surface area contributed by atoms with Gasteiger partial charge in [0.25, 0.3) is 11.1 Å². The summed E-state index contributed by atoms with van der Waals surface area (Å²) in [6.45, 7) is 35.1. The SMILES string of the molecule is CC(C)OC(=O)Cl.CCN(C(C)C)C(C)C.COc1cc(C)[nH]c(=O)c1CCC(=O)c1c(C)n(C(C)C2CCN(C(=O)OC(C)C)CC2)c2ccccc12.COc1cc(C)[nH]c(=O)c1CCC(=O)c1c(C)n(C(C)C2CCNCC2)c2ccccc12.Cl. The van der Waals surface area contributed by atoms with Crippen LogP contribution in [0.2, 0.25) is 0 Å². The number of H-pyrrole nitrogens is 2. The van der Waals surface area contributed by atoms with Gasteiger partial charge in [-0.05, 0) is 191 Å². The number of rotatable bonds is 19. The van der Waals surface area contributed by atoms with Crippen LogP contribution >= 0.6 is 24.0 Å². The van der Waals surface area contributed by atoms with Crippen LogP contribution in [0.5, 0.6) is 11.5 Å². The van der Waals surface area contributed by atoms with Gasteiger partial charge in [0.15, 0.2) is 11.6 Å². The number of aryl methyl sites for hydroxylation is 2. The van der Waals surface area contributed by atoms with Gasteiger partial charge >= 0.3 is 11.5 Å². The second kappa shape index (κ2) is 34.4. The number of carbonyl (C=O) groups is 4. The summed E-state index contributed by atoms with van der Waals surface area (Å²) in [5, 5.41) is 5.38. The molecule has 6 heterocycles. The van der Waals surface area contributed by atoms with Crippen LogP contribution in [0.25, 0.3) is 21.8 Å². The third kappa shape index (κ3) is 19.3. The number of carbonyl (C=O) groups excluding carboxylic acids is 4. The summed E-state index contributed by atoms with van der Waals surface area (Å²) in [6, 6.07) is 21.7. The summed E-state index contributed by atoms with van der Waals surface area (Å²) in [7, 11) is 3.09. The Kier molecular flexibility index (Phi) is 28.9. The van der Waals surface area contributed by atoms with Gasteiger partial charge in [-0.1, -0.05) is 43.3 Å². The molecule has 2 aliphatic heterocycles. The van der Waals surface area contributed by atoms with E-state index >= 15 is 0 Å². The number of benzene rings is 2. The summed E-state index contributed by atoms with van der Waals surface area (Å²) < 4.78 is 25.2. The van der Waals surface area contributed by atoms with Crippen molar-refractivity contribution in [1.82, 2.24) is 34.2 Å². The summed E-state index contributed by atoms with van der Waals surface area (Å²) in [6.07, 6.45) is 4.68. The zero-order valence-corrected chi connectivity index (χ0v) is 56.3. The lowest BCUT2D eigenvalue weighted by Crippen LogP contribution is -2.41. The standard InChI is InChI=1S/C30H39N3O5.C26H33N3O3.C8H19N.C4H7ClO2.ClH/c1-18(2)38-30(36)32-15-13-22(14-16-32)20(4)33-21(5)28(23-9-7-8-10-25(23)33)26(34)12-11-24-27(37-6)17-19(3)31-29(24)35;1-16-15-24(32-4)21(26(31)28-16)9-10-23(30)25-18(3)29(22-8-6-5-7-20(22)25)17(2)19-11-13-27-14-12-19;1-6-9(7(2)3)8(4)5;1-3(2)7-4(5)6;/h7-10,17-18,20,22H,11-16H2,1-6H3,(H,31,35);5-8,15,17,19,27H,9-14H2,1-4H3,(H,28,31);7-8H,6H2,1-5H3;3H,1-2H3;1H. The number of ether oxygens (including phenoxy) is 4. The predicted octanol–water partition coefficient (Wildman–Crippen LogP) is 14.2. The number of amides is 1. The first-order valence-corrected chi connectivity index (χ1v) is 31.2. The highest BCUT2D eigenvalue weighted by molar-refractivity contribution is 6.61. The van der Waals surface area contributed by atoms with Crippen molar-refractivity contribution in [2.75, 3.05) is 46.9 Å². The molecule has 19 heteroatoms. The first-order valence-electron chi connectivity index (χ1n) is 30.8. The Morgan fingerprint density at radius 2 is 1.00 bits per heavy atom. The maximum atomic E-state index is 13.6. The third-order valence-corrected chi connectivity index (χ3v) is 16.8. The number of halogens is 2. The van der Waals surface area contributed by atoms with Gasteiger partial charge in [-0.3, -0.25) is 24.1 Å². The van der Waals surface area contributed by atoms with Crippen molar-refractivity contribution in [2.24, 2.45) is 11.8 Å². The van der Waals surface area contributed by atoms with Crippen LogP contribution in [0.15, 0.2) is 70.3 Å². The number of nitrogens with one attached hydrogen (secondary N) is 3. The second-order valence-electron chi connectivity index (χ2n) is 23.9. The van der Waals surface area contributed by atoms with Crippen LogP contribution in [0, 0.1) is 39.5 Å². The molecule has 0 aliphatic carbocycles. The molecule has 1 amide bonds.